The van der Waals surface area contributed by atoms with Gasteiger partial charge in [0.25, 0.3) is 0 Å². The first-order valence-electron chi connectivity index (χ1n) is 6.48. The molecule has 0 aliphatic carbocycles. The summed E-state index contributed by atoms with van der Waals surface area (Å²) in [6.45, 7) is 1.78. The van der Waals surface area contributed by atoms with Gasteiger partial charge in [0.15, 0.2) is 0 Å². The Labute approximate surface area is 120 Å². The molecule has 0 saturated carbocycles. The topological polar surface area (TPSA) is 69.1 Å². The zero-order valence-electron chi connectivity index (χ0n) is 11.4. The van der Waals surface area contributed by atoms with Gasteiger partial charge in [-0.1, -0.05) is 6.07 Å². The van der Waals surface area contributed by atoms with Crippen molar-refractivity contribution in [1.82, 2.24) is 4.98 Å². The summed E-state index contributed by atoms with van der Waals surface area (Å²) in [5.41, 5.74) is 7.41. The van der Waals surface area contributed by atoms with E-state index in [0.717, 1.165) is 0 Å². The summed E-state index contributed by atoms with van der Waals surface area (Å²) in [6, 6.07) is 9.32. The molecule has 0 amide bonds. The van der Waals surface area contributed by atoms with Gasteiger partial charge in [-0.2, -0.15) is 0 Å². The number of halogens is 1. The van der Waals surface area contributed by atoms with Gasteiger partial charge in [-0.15, -0.1) is 0 Å². The van der Waals surface area contributed by atoms with Gasteiger partial charge in [0.05, 0.1) is 0 Å². The van der Waals surface area contributed by atoms with Crippen LogP contribution in [0.2, 0.25) is 0 Å². The molecule has 5 heteroatoms. The van der Waals surface area contributed by atoms with Crippen molar-refractivity contribution in [2.24, 2.45) is 0 Å². The zero-order chi connectivity index (χ0) is 15.0. The van der Waals surface area contributed by atoms with E-state index in [-0.39, 0.29) is 5.82 Å². The predicted octanol–water partition coefficient (Wildman–Crippen LogP) is 2.81. The summed E-state index contributed by atoms with van der Waals surface area (Å²) in [5.74, 6) is 0.0221. The lowest BCUT2D eigenvalue weighted by Crippen LogP contribution is -2.12. The number of rotatable bonds is 2. The maximum Gasteiger partial charge on any atom is 0.340 e. The summed E-state index contributed by atoms with van der Waals surface area (Å²) in [7, 11) is 0. The lowest BCUT2D eigenvalue weighted by molar-refractivity contribution is 0.548. The summed E-state index contributed by atoms with van der Waals surface area (Å²) >= 11 is 0. The first kappa shape index (κ1) is 13.3. The maximum atomic E-state index is 13.4. The van der Waals surface area contributed by atoms with Crippen LogP contribution in [0, 0.1) is 12.7 Å². The highest BCUT2D eigenvalue weighted by atomic mass is 19.1. The number of pyridine rings is 1. The van der Waals surface area contributed by atoms with Crippen LogP contribution >= 0.6 is 0 Å². The van der Waals surface area contributed by atoms with Crippen LogP contribution in [0.3, 0.4) is 0 Å². The molecule has 106 valence electrons. The van der Waals surface area contributed by atoms with Crippen molar-refractivity contribution in [2.75, 3.05) is 5.73 Å². The Kier molecular flexibility index (Phi) is 3.17. The fourth-order valence-electron chi connectivity index (χ4n) is 2.34. The average Bonchev–Trinajstić information content (AvgIpc) is 2.45. The lowest BCUT2D eigenvalue weighted by atomic mass is 10.0. The van der Waals surface area contributed by atoms with Crippen molar-refractivity contribution in [2.45, 2.75) is 13.3 Å². The molecule has 0 radical (unpaired) electrons. The molecule has 0 fully saturated rings. The first-order valence-corrected chi connectivity index (χ1v) is 6.48. The number of anilines is 1. The Morgan fingerprint density at radius 1 is 1.29 bits per heavy atom. The van der Waals surface area contributed by atoms with E-state index in [0.29, 0.717) is 40.0 Å². The highest BCUT2D eigenvalue weighted by Crippen LogP contribution is 2.21. The van der Waals surface area contributed by atoms with Crippen molar-refractivity contribution in [3.05, 3.63) is 69.5 Å². The number of nitrogens with two attached hydrogens (primary N) is 1. The highest BCUT2D eigenvalue weighted by molar-refractivity contribution is 5.81. The molecule has 0 saturated heterocycles. The number of benzene rings is 1. The van der Waals surface area contributed by atoms with Gasteiger partial charge in [-0.3, -0.25) is 0 Å². The molecule has 2 N–H and O–H groups in total. The minimum Gasteiger partial charge on any atom is -0.422 e. The second-order valence-electron chi connectivity index (χ2n) is 4.86. The Morgan fingerprint density at radius 3 is 2.86 bits per heavy atom. The summed E-state index contributed by atoms with van der Waals surface area (Å²) < 4.78 is 18.6. The van der Waals surface area contributed by atoms with Gasteiger partial charge < -0.3 is 10.2 Å². The van der Waals surface area contributed by atoms with Crippen molar-refractivity contribution in [1.29, 1.82) is 0 Å². The Hall–Kier alpha value is -2.69. The average molecular weight is 284 g/mol. The van der Waals surface area contributed by atoms with Crippen LogP contribution in [0.5, 0.6) is 0 Å². The van der Waals surface area contributed by atoms with E-state index in [4.69, 9.17) is 10.2 Å². The minimum absolute atomic E-state index is 0.297. The molecule has 0 bridgehead atoms. The molecule has 0 aliphatic rings. The van der Waals surface area contributed by atoms with Crippen molar-refractivity contribution < 1.29 is 8.81 Å². The molecular weight excluding hydrogens is 271 g/mol. The van der Waals surface area contributed by atoms with E-state index in [1.165, 1.54) is 18.2 Å². The summed E-state index contributed by atoms with van der Waals surface area (Å²) in [5, 5.41) is 0.591. The quantitative estimate of drug-likeness (QED) is 0.735. The SMILES string of the molecule is Cc1c(Cc2cccc(N)n2)c(=O)oc2ccc(F)cc12. The summed E-state index contributed by atoms with van der Waals surface area (Å²) in [6.07, 6.45) is 0.297. The fourth-order valence-corrected chi connectivity index (χ4v) is 2.34. The second-order valence-corrected chi connectivity index (χ2v) is 4.86. The molecule has 4 nitrogen and oxygen atoms in total. The van der Waals surface area contributed by atoms with Gasteiger partial charge in [0, 0.05) is 23.1 Å². The smallest absolute Gasteiger partial charge is 0.340 e. The van der Waals surface area contributed by atoms with Crippen LogP contribution in [0.25, 0.3) is 11.0 Å². The van der Waals surface area contributed by atoms with Crippen LogP contribution in [-0.2, 0) is 6.42 Å². The van der Waals surface area contributed by atoms with Crippen LogP contribution in [-0.4, -0.2) is 4.98 Å². The Balaban J connectivity index is 2.16. The summed E-state index contributed by atoms with van der Waals surface area (Å²) in [4.78, 5) is 16.3. The highest BCUT2D eigenvalue weighted by Gasteiger charge is 2.13. The molecule has 0 aliphatic heterocycles. The van der Waals surface area contributed by atoms with Gasteiger partial charge >= 0.3 is 5.63 Å². The number of aryl methyl sites for hydroxylation is 1. The third-order valence-electron chi connectivity index (χ3n) is 3.43. The Morgan fingerprint density at radius 2 is 2.10 bits per heavy atom. The predicted molar refractivity (Wildman–Crippen MR) is 78.6 cm³/mol. The molecule has 2 aromatic heterocycles. The number of nitrogen functional groups attached to an aromatic ring is 1. The monoisotopic (exact) mass is 284 g/mol. The van der Waals surface area contributed by atoms with E-state index < -0.39 is 5.63 Å². The Bertz CT molecular complexity index is 887. The first-order chi connectivity index (χ1) is 10.0. The number of aromatic nitrogens is 1. The molecule has 1 aromatic carbocycles. The number of hydrogen-bond donors (Lipinski definition) is 1. The largest absolute Gasteiger partial charge is 0.422 e. The van der Waals surface area contributed by atoms with Crippen molar-refractivity contribution >= 4 is 16.8 Å². The van der Waals surface area contributed by atoms with Gasteiger partial charge in [0.1, 0.15) is 17.2 Å². The molecular formula is C16H13FN2O2. The van der Waals surface area contributed by atoms with E-state index in [2.05, 4.69) is 4.98 Å². The fraction of sp³-hybridized carbons (Fsp3) is 0.125. The molecule has 0 spiro atoms. The molecule has 21 heavy (non-hydrogen) atoms. The third-order valence-corrected chi connectivity index (χ3v) is 3.43. The third kappa shape index (κ3) is 2.50. The van der Waals surface area contributed by atoms with Crippen molar-refractivity contribution in [3.63, 3.8) is 0 Å². The number of nitrogens with zero attached hydrogens (tertiary/aromatic N) is 1. The number of fused-ring (bicyclic) bond motifs is 1. The van der Waals surface area contributed by atoms with Gasteiger partial charge in [0.2, 0.25) is 0 Å². The van der Waals surface area contributed by atoms with Gasteiger partial charge in [-0.25, -0.2) is 14.2 Å². The zero-order valence-corrected chi connectivity index (χ0v) is 11.4. The van der Waals surface area contributed by atoms with Crippen LogP contribution in [0.1, 0.15) is 16.8 Å². The van der Waals surface area contributed by atoms with Crippen LogP contribution < -0.4 is 11.4 Å². The maximum absolute atomic E-state index is 13.4. The van der Waals surface area contributed by atoms with E-state index in [1.54, 1.807) is 25.1 Å². The normalized spacial score (nSPS) is 11.0. The van der Waals surface area contributed by atoms with E-state index in [1.807, 2.05) is 0 Å². The standard InChI is InChI=1S/C16H13FN2O2/c1-9-12-7-10(17)5-6-14(12)21-16(20)13(9)8-11-3-2-4-15(18)19-11/h2-7H,8H2,1H3,(H2,18,19). The second kappa shape index (κ2) is 5.01. The van der Waals surface area contributed by atoms with E-state index in [9.17, 15) is 9.18 Å². The number of hydrogen-bond acceptors (Lipinski definition) is 4. The minimum atomic E-state index is -0.434. The lowest BCUT2D eigenvalue weighted by Gasteiger charge is -2.08. The van der Waals surface area contributed by atoms with Gasteiger partial charge in [-0.05, 0) is 42.8 Å². The van der Waals surface area contributed by atoms with Crippen LogP contribution in [0.4, 0.5) is 10.2 Å². The molecule has 2 heterocycles. The van der Waals surface area contributed by atoms with E-state index >= 15 is 0 Å². The van der Waals surface area contributed by atoms with Crippen LogP contribution in [0.15, 0.2) is 45.6 Å². The molecule has 3 aromatic rings. The molecule has 3 rings (SSSR count). The molecule has 0 atom stereocenters. The molecule has 0 unspecified atom stereocenters. The van der Waals surface area contributed by atoms with Crippen molar-refractivity contribution in [3.8, 4) is 0 Å².